The Balaban J connectivity index is 2.26. The highest BCUT2D eigenvalue weighted by Gasteiger charge is 2.13. The van der Waals surface area contributed by atoms with E-state index in [9.17, 15) is 0 Å². The molecule has 0 amide bonds. The smallest absolute Gasteiger partial charge is 0.173 e. The van der Waals surface area contributed by atoms with Gasteiger partial charge in [-0.3, -0.25) is 0 Å². The summed E-state index contributed by atoms with van der Waals surface area (Å²) in [6, 6.07) is 5.99. The lowest BCUT2D eigenvalue weighted by Crippen LogP contribution is -1.95. The molecular formula is C9H11NO2. The fraction of sp³-hybridized carbons (Fsp3) is 0.333. The highest BCUT2D eigenvalue weighted by molar-refractivity contribution is 5.52. The van der Waals surface area contributed by atoms with E-state index in [0.29, 0.717) is 6.61 Å². The minimum absolute atomic E-state index is 0.557. The topological polar surface area (TPSA) is 30.5 Å². The third kappa shape index (κ3) is 1.23. The van der Waals surface area contributed by atoms with Crippen LogP contribution < -0.4 is 10.2 Å². The largest absolute Gasteiger partial charge is 0.385 e. The standard InChI is InChI=1S/C9H11NO2/c1-2-10-8-4-3-7-6-11-12-9(7)5-8/h3-5,10H,2,6H2,1H3. The highest BCUT2D eigenvalue weighted by Crippen LogP contribution is 2.28. The Kier molecular flexibility index (Phi) is 1.87. The quantitative estimate of drug-likeness (QED) is 0.679. The van der Waals surface area contributed by atoms with Gasteiger partial charge in [0.2, 0.25) is 0 Å². The Morgan fingerprint density at radius 3 is 3.25 bits per heavy atom. The summed E-state index contributed by atoms with van der Waals surface area (Å²) in [5, 5.41) is 3.20. The van der Waals surface area contributed by atoms with Crippen molar-refractivity contribution in [3.8, 4) is 5.75 Å². The Bertz CT molecular complexity index is 286. The number of hydrogen-bond donors (Lipinski definition) is 1. The maximum absolute atomic E-state index is 4.95. The first-order chi connectivity index (χ1) is 5.90. The minimum Gasteiger partial charge on any atom is -0.385 e. The molecule has 1 aliphatic rings. The Morgan fingerprint density at radius 2 is 2.42 bits per heavy atom. The lowest BCUT2D eigenvalue weighted by molar-refractivity contribution is -0.194. The van der Waals surface area contributed by atoms with Crippen molar-refractivity contribution in [1.29, 1.82) is 0 Å². The van der Waals surface area contributed by atoms with Crippen molar-refractivity contribution in [2.24, 2.45) is 0 Å². The van der Waals surface area contributed by atoms with E-state index in [4.69, 9.17) is 9.78 Å². The molecule has 0 aromatic heterocycles. The minimum atomic E-state index is 0.557. The third-order valence-electron chi connectivity index (χ3n) is 1.81. The molecular weight excluding hydrogens is 154 g/mol. The van der Waals surface area contributed by atoms with Gasteiger partial charge in [0, 0.05) is 23.9 Å². The molecule has 1 aromatic rings. The molecule has 1 aromatic carbocycles. The second kappa shape index (κ2) is 3.03. The average molecular weight is 165 g/mol. The SMILES string of the molecule is CCNc1ccc2c(c1)OOC2. The summed E-state index contributed by atoms with van der Waals surface area (Å²) in [7, 11) is 0. The van der Waals surface area contributed by atoms with Gasteiger partial charge in [0.05, 0.1) is 0 Å². The summed E-state index contributed by atoms with van der Waals surface area (Å²) in [6.07, 6.45) is 0. The molecule has 1 N–H and O–H groups in total. The van der Waals surface area contributed by atoms with Crippen LogP contribution in [0, 0.1) is 0 Å². The van der Waals surface area contributed by atoms with Crippen molar-refractivity contribution >= 4 is 5.69 Å². The summed E-state index contributed by atoms with van der Waals surface area (Å²) < 4.78 is 0. The summed E-state index contributed by atoms with van der Waals surface area (Å²) in [4.78, 5) is 9.77. The van der Waals surface area contributed by atoms with Crippen LogP contribution in [-0.4, -0.2) is 6.54 Å². The van der Waals surface area contributed by atoms with Crippen LogP contribution in [0.1, 0.15) is 12.5 Å². The molecule has 0 fully saturated rings. The number of nitrogens with one attached hydrogen (secondary N) is 1. The lowest BCUT2D eigenvalue weighted by Gasteiger charge is -2.02. The fourth-order valence-corrected chi connectivity index (χ4v) is 1.22. The molecule has 0 saturated carbocycles. The zero-order chi connectivity index (χ0) is 8.39. The molecule has 3 heteroatoms. The summed E-state index contributed by atoms with van der Waals surface area (Å²) >= 11 is 0. The van der Waals surface area contributed by atoms with Crippen LogP contribution in [0.15, 0.2) is 18.2 Å². The zero-order valence-electron chi connectivity index (χ0n) is 6.96. The van der Waals surface area contributed by atoms with Gasteiger partial charge in [-0.1, -0.05) is 6.07 Å². The highest BCUT2D eigenvalue weighted by atomic mass is 17.2. The Labute approximate surface area is 71.2 Å². The Morgan fingerprint density at radius 1 is 1.50 bits per heavy atom. The lowest BCUT2D eigenvalue weighted by atomic mass is 10.2. The van der Waals surface area contributed by atoms with Gasteiger partial charge in [0.25, 0.3) is 0 Å². The van der Waals surface area contributed by atoms with E-state index < -0.39 is 0 Å². The maximum atomic E-state index is 4.95. The van der Waals surface area contributed by atoms with E-state index in [2.05, 4.69) is 12.2 Å². The number of fused-ring (bicyclic) bond motifs is 1. The molecule has 12 heavy (non-hydrogen) atoms. The van der Waals surface area contributed by atoms with Crippen LogP contribution in [0.3, 0.4) is 0 Å². The normalized spacial score (nSPS) is 13.8. The molecule has 1 aliphatic heterocycles. The number of anilines is 1. The van der Waals surface area contributed by atoms with Crippen molar-refractivity contribution in [3.05, 3.63) is 23.8 Å². The van der Waals surface area contributed by atoms with Gasteiger partial charge in [-0.15, -0.1) is 0 Å². The first-order valence-corrected chi connectivity index (χ1v) is 4.06. The van der Waals surface area contributed by atoms with Crippen molar-refractivity contribution in [1.82, 2.24) is 0 Å². The van der Waals surface area contributed by atoms with E-state index in [0.717, 1.165) is 23.5 Å². The maximum Gasteiger partial charge on any atom is 0.173 e. The van der Waals surface area contributed by atoms with Gasteiger partial charge in [-0.25, -0.2) is 0 Å². The van der Waals surface area contributed by atoms with Crippen LogP contribution in [0.25, 0.3) is 0 Å². The average Bonchev–Trinajstić information content (AvgIpc) is 2.51. The van der Waals surface area contributed by atoms with Crippen molar-refractivity contribution in [3.63, 3.8) is 0 Å². The number of hydrogen-bond acceptors (Lipinski definition) is 3. The third-order valence-corrected chi connectivity index (χ3v) is 1.81. The van der Waals surface area contributed by atoms with Gasteiger partial charge >= 0.3 is 0 Å². The van der Waals surface area contributed by atoms with E-state index in [1.807, 2.05) is 18.2 Å². The molecule has 0 aliphatic carbocycles. The molecule has 3 nitrogen and oxygen atoms in total. The van der Waals surface area contributed by atoms with E-state index in [1.165, 1.54) is 0 Å². The van der Waals surface area contributed by atoms with Crippen molar-refractivity contribution in [2.45, 2.75) is 13.5 Å². The van der Waals surface area contributed by atoms with Gasteiger partial charge in [0.1, 0.15) is 6.61 Å². The molecule has 0 saturated heterocycles. The van der Waals surface area contributed by atoms with Crippen LogP contribution in [0.5, 0.6) is 5.75 Å². The van der Waals surface area contributed by atoms with Gasteiger partial charge < -0.3 is 10.2 Å². The monoisotopic (exact) mass is 165 g/mol. The van der Waals surface area contributed by atoms with Gasteiger partial charge in [0.15, 0.2) is 5.75 Å². The second-order valence-corrected chi connectivity index (χ2v) is 2.70. The summed E-state index contributed by atoms with van der Waals surface area (Å²) in [5.41, 5.74) is 2.18. The first-order valence-electron chi connectivity index (χ1n) is 4.06. The van der Waals surface area contributed by atoms with Crippen LogP contribution >= 0.6 is 0 Å². The van der Waals surface area contributed by atoms with E-state index >= 15 is 0 Å². The van der Waals surface area contributed by atoms with Gasteiger partial charge in [-0.2, -0.15) is 4.89 Å². The van der Waals surface area contributed by atoms with Crippen LogP contribution in [0.2, 0.25) is 0 Å². The van der Waals surface area contributed by atoms with E-state index in [-0.39, 0.29) is 0 Å². The van der Waals surface area contributed by atoms with Crippen LogP contribution in [0.4, 0.5) is 5.69 Å². The summed E-state index contributed by atoms with van der Waals surface area (Å²) in [6.45, 7) is 3.53. The Hall–Kier alpha value is -1.22. The fourth-order valence-electron chi connectivity index (χ4n) is 1.22. The number of rotatable bonds is 2. The van der Waals surface area contributed by atoms with Crippen LogP contribution in [-0.2, 0) is 11.5 Å². The summed E-state index contributed by atoms with van der Waals surface area (Å²) in [5.74, 6) is 0.827. The zero-order valence-corrected chi connectivity index (χ0v) is 6.96. The van der Waals surface area contributed by atoms with Gasteiger partial charge in [-0.05, 0) is 13.0 Å². The predicted octanol–water partition coefficient (Wildman–Crippen LogP) is 1.94. The molecule has 0 bridgehead atoms. The number of benzene rings is 1. The molecule has 0 spiro atoms. The second-order valence-electron chi connectivity index (χ2n) is 2.70. The molecule has 0 unspecified atom stereocenters. The molecule has 0 radical (unpaired) electrons. The van der Waals surface area contributed by atoms with Crippen molar-refractivity contribution in [2.75, 3.05) is 11.9 Å². The molecule has 2 rings (SSSR count). The molecule has 0 atom stereocenters. The molecule has 1 heterocycles. The first kappa shape index (κ1) is 7.43. The predicted molar refractivity (Wildman–Crippen MR) is 46.0 cm³/mol. The van der Waals surface area contributed by atoms with Crippen molar-refractivity contribution < 1.29 is 9.78 Å². The molecule has 64 valence electrons. The van der Waals surface area contributed by atoms with E-state index in [1.54, 1.807) is 0 Å².